The van der Waals surface area contributed by atoms with E-state index >= 15 is 0 Å². The predicted molar refractivity (Wildman–Crippen MR) is 91.7 cm³/mol. The van der Waals surface area contributed by atoms with Gasteiger partial charge in [-0.25, -0.2) is 0 Å². The van der Waals surface area contributed by atoms with E-state index in [0.29, 0.717) is 24.3 Å². The highest BCUT2D eigenvalue weighted by Gasteiger charge is 2.31. The van der Waals surface area contributed by atoms with Crippen molar-refractivity contribution < 1.29 is 9.53 Å². The van der Waals surface area contributed by atoms with E-state index < -0.39 is 0 Å². The van der Waals surface area contributed by atoms with Gasteiger partial charge in [-0.2, -0.15) is 10.4 Å². The van der Waals surface area contributed by atoms with Crippen LogP contribution < -0.4 is 15.4 Å². The maximum atomic E-state index is 11.8. The lowest BCUT2D eigenvalue weighted by molar-refractivity contribution is -0.124. The monoisotopic (exact) mass is 339 g/mol. The number of amides is 1. The van der Waals surface area contributed by atoms with Gasteiger partial charge in [0.25, 0.3) is 0 Å². The number of carbonyl (C=O) groups is 1. The van der Waals surface area contributed by atoms with E-state index in [1.165, 1.54) is 0 Å². The maximum Gasteiger partial charge on any atom is 0.220 e. The molecule has 3 rings (SSSR count). The van der Waals surface area contributed by atoms with Crippen LogP contribution in [0.3, 0.4) is 0 Å². The summed E-state index contributed by atoms with van der Waals surface area (Å²) in [6.45, 7) is 0.605. The average molecular weight is 339 g/mol. The van der Waals surface area contributed by atoms with Crippen LogP contribution in [-0.2, 0) is 18.4 Å². The molecule has 1 fully saturated rings. The molecule has 1 aliphatic rings. The average Bonchev–Trinajstić information content (AvgIpc) is 3.06. The predicted octanol–water partition coefficient (Wildman–Crippen LogP) is 1.41. The van der Waals surface area contributed by atoms with Crippen molar-refractivity contribution in [2.24, 2.45) is 7.05 Å². The Morgan fingerprint density at radius 2 is 2.32 bits per heavy atom. The number of methoxy groups -OCH3 is 1. The van der Waals surface area contributed by atoms with Crippen LogP contribution in [0, 0.1) is 11.3 Å². The van der Waals surface area contributed by atoms with Crippen LogP contribution in [0.15, 0.2) is 30.5 Å². The number of rotatable bonds is 5. The van der Waals surface area contributed by atoms with Crippen molar-refractivity contribution in [3.05, 3.63) is 47.3 Å². The molecule has 7 heteroatoms. The lowest BCUT2D eigenvalue weighted by Gasteiger charge is -2.33. The molecule has 25 heavy (non-hydrogen) atoms. The van der Waals surface area contributed by atoms with Crippen molar-refractivity contribution >= 4 is 5.91 Å². The standard InChI is InChI=1S/C18H21N5O2/c1-23-15(7-8-21-23)18-14(4-6-17(24)22-18)20-11-12-3-5-16(25-2)13(9-12)10-19/h3,5,7-9,14,18,20H,4,6,11H2,1-2H3,(H,22,24)/t14-,18-/m1/s1. The molecule has 2 N–H and O–H groups in total. The number of piperidine rings is 1. The van der Waals surface area contributed by atoms with Crippen LogP contribution in [0.25, 0.3) is 0 Å². The molecule has 0 aliphatic carbocycles. The normalized spacial score (nSPS) is 20.0. The third-order valence-corrected chi connectivity index (χ3v) is 4.53. The zero-order valence-electron chi connectivity index (χ0n) is 14.3. The number of nitrogens with one attached hydrogen (secondary N) is 2. The van der Waals surface area contributed by atoms with Crippen LogP contribution in [0.4, 0.5) is 0 Å². The fourth-order valence-corrected chi connectivity index (χ4v) is 3.19. The second-order valence-corrected chi connectivity index (χ2v) is 6.10. The molecule has 1 saturated heterocycles. The molecule has 1 aromatic heterocycles. The van der Waals surface area contributed by atoms with E-state index in [1.54, 1.807) is 24.1 Å². The molecule has 0 saturated carbocycles. The molecule has 1 aliphatic heterocycles. The van der Waals surface area contributed by atoms with Gasteiger partial charge in [0.15, 0.2) is 0 Å². The molecule has 0 spiro atoms. The molecule has 0 unspecified atom stereocenters. The number of hydrogen-bond donors (Lipinski definition) is 2. The second-order valence-electron chi connectivity index (χ2n) is 6.10. The number of nitrogens with zero attached hydrogens (tertiary/aromatic N) is 3. The van der Waals surface area contributed by atoms with Gasteiger partial charge in [-0.3, -0.25) is 9.48 Å². The summed E-state index contributed by atoms with van der Waals surface area (Å²) in [6.07, 6.45) is 2.98. The van der Waals surface area contributed by atoms with Crippen molar-refractivity contribution in [2.45, 2.75) is 31.5 Å². The van der Waals surface area contributed by atoms with Gasteiger partial charge in [0.1, 0.15) is 11.8 Å². The number of benzene rings is 1. The Kier molecular flexibility index (Phi) is 5.00. The summed E-state index contributed by atoms with van der Waals surface area (Å²) < 4.78 is 6.96. The number of ether oxygens (including phenoxy) is 1. The molecule has 2 aromatic rings. The van der Waals surface area contributed by atoms with Crippen LogP contribution in [0.2, 0.25) is 0 Å². The third-order valence-electron chi connectivity index (χ3n) is 4.53. The van der Waals surface area contributed by atoms with Crippen LogP contribution in [0.1, 0.15) is 35.7 Å². The number of hydrogen-bond acceptors (Lipinski definition) is 5. The highest BCUT2D eigenvalue weighted by Crippen LogP contribution is 2.25. The van der Waals surface area contributed by atoms with Gasteiger partial charge in [0.2, 0.25) is 5.91 Å². The quantitative estimate of drug-likeness (QED) is 0.859. The van der Waals surface area contributed by atoms with Crippen molar-refractivity contribution in [1.82, 2.24) is 20.4 Å². The van der Waals surface area contributed by atoms with Crippen LogP contribution in [0.5, 0.6) is 5.75 Å². The summed E-state index contributed by atoms with van der Waals surface area (Å²) >= 11 is 0. The molecule has 2 atom stereocenters. The summed E-state index contributed by atoms with van der Waals surface area (Å²) in [5.41, 5.74) is 2.48. The van der Waals surface area contributed by atoms with Gasteiger partial charge >= 0.3 is 0 Å². The molecule has 1 amide bonds. The van der Waals surface area contributed by atoms with Gasteiger partial charge in [-0.1, -0.05) is 6.07 Å². The Morgan fingerprint density at radius 3 is 3.00 bits per heavy atom. The summed E-state index contributed by atoms with van der Waals surface area (Å²) in [5, 5.41) is 20.0. The van der Waals surface area contributed by atoms with E-state index in [2.05, 4.69) is 21.8 Å². The topological polar surface area (TPSA) is 92.0 Å². The smallest absolute Gasteiger partial charge is 0.220 e. The molecule has 2 heterocycles. The number of carbonyl (C=O) groups excluding carboxylic acids is 1. The molecule has 7 nitrogen and oxygen atoms in total. The fourth-order valence-electron chi connectivity index (χ4n) is 3.19. The number of aryl methyl sites for hydroxylation is 1. The SMILES string of the molecule is COc1ccc(CN[C@@H]2CCC(=O)N[C@H]2c2ccnn2C)cc1C#N. The first-order valence-electron chi connectivity index (χ1n) is 8.20. The van der Waals surface area contributed by atoms with Crippen LogP contribution >= 0.6 is 0 Å². The van der Waals surface area contributed by atoms with Gasteiger partial charge in [-0.05, 0) is 30.2 Å². The third kappa shape index (κ3) is 3.64. The van der Waals surface area contributed by atoms with Crippen molar-refractivity contribution in [1.29, 1.82) is 5.26 Å². The second kappa shape index (κ2) is 7.36. The maximum absolute atomic E-state index is 11.8. The Morgan fingerprint density at radius 1 is 1.48 bits per heavy atom. The highest BCUT2D eigenvalue weighted by molar-refractivity contribution is 5.77. The van der Waals surface area contributed by atoms with Crippen LogP contribution in [-0.4, -0.2) is 28.8 Å². The first-order chi connectivity index (χ1) is 12.1. The Bertz CT molecular complexity index is 808. The van der Waals surface area contributed by atoms with E-state index in [4.69, 9.17) is 4.74 Å². The Balaban J connectivity index is 1.74. The first kappa shape index (κ1) is 17.0. The van der Waals surface area contributed by atoms with Crippen molar-refractivity contribution in [2.75, 3.05) is 7.11 Å². The molecule has 1 aromatic carbocycles. The lowest BCUT2D eigenvalue weighted by Crippen LogP contribution is -2.48. The Hall–Kier alpha value is -2.85. The van der Waals surface area contributed by atoms with E-state index in [-0.39, 0.29) is 18.0 Å². The van der Waals surface area contributed by atoms with Gasteiger partial charge in [0.05, 0.1) is 24.4 Å². The van der Waals surface area contributed by atoms with E-state index in [1.807, 2.05) is 25.2 Å². The van der Waals surface area contributed by atoms with Gasteiger partial charge in [0, 0.05) is 32.3 Å². The lowest BCUT2D eigenvalue weighted by atomic mass is 9.95. The van der Waals surface area contributed by atoms with E-state index in [0.717, 1.165) is 17.7 Å². The minimum atomic E-state index is -0.123. The molecule has 0 bridgehead atoms. The number of nitriles is 1. The minimum absolute atomic E-state index is 0.0560. The first-order valence-corrected chi connectivity index (χ1v) is 8.20. The van der Waals surface area contributed by atoms with E-state index in [9.17, 15) is 10.1 Å². The summed E-state index contributed by atoms with van der Waals surface area (Å²) in [4.78, 5) is 11.8. The van der Waals surface area contributed by atoms with Crippen molar-refractivity contribution in [3.63, 3.8) is 0 Å². The molecular formula is C18H21N5O2. The Labute approximate surface area is 146 Å². The zero-order chi connectivity index (χ0) is 17.8. The molecular weight excluding hydrogens is 318 g/mol. The van der Waals surface area contributed by atoms with Gasteiger partial charge < -0.3 is 15.4 Å². The fraction of sp³-hybridized carbons (Fsp3) is 0.389. The largest absolute Gasteiger partial charge is 0.495 e. The summed E-state index contributed by atoms with van der Waals surface area (Å²) in [5.74, 6) is 0.629. The zero-order valence-corrected chi connectivity index (χ0v) is 14.3. The molecule has 130 valence electrons. The molecule has 0 radical (unpaired) electrons. The highest BCUT2D eigenvalue weighted by atomic mass is 16.5. The summed E-state index contributed by atoms with van der Waals surface area (Å²) in [6, 6.07) is 9.61. The number of aromatic nitrogens is 2. The van der Waals surface area contributed by atoms with Gasteiger partial charge in [-0.15, -0.1) is 0 Å². The van der Waals surface area contributed by atoms with Crippen molar-refractivity contribution in [3.8, 4) is 11.8 Å². The summed E-state index contributed by atoms with van der Waals surface area (Å²) in [7, 11) is 3.42. The minimum Gasteiger partial charge on any atom is -0.495 e.